The van der Waals surface area contributed by atoms with Gasteiger partial charge in [0.15, 0.2) is 0 Å². The molecule has 0 saturated heterocycles. The first-order valence-electron chi connectivity index (χ1n) is 6.54. The van der Waals surface area contributed by atoms with Crippen molar-refractivity contribution >= 4 is 17.5 Å². The third-order valence-corrected chi connectivity index (χ3v) is 2.92. The van der Waals surface area contributed by atoms with Gasteiger partial charge in [0.2, 0.25) is 11.7 Å². The van der Waals surface area contributed by atoms with Gasteiger partial charge < -0.3 is 14.7 Å². The third kappa shape index (κ3) is 4.59. The average molecular weight is 297 g/mol. The number of hydrogen-bond donors (Lipinski definition) is 1. The Kier molecular flexibility index (Phi) is 5.89. The topological polar surface area (TPSA) is 106 Å². The van der Waals surface area contributed by atoms with Crippen LogP contribution in [-0.4, -0.2) is 40.7 Å². The van der Waals surface area contributed by atoms with Crippen LogP contribution in [0.1, 0.15) is 26.7 Å². The first-order valence-corrected chi connectivity index (χ1v) is 6.54. The number of ether oxygens (including phenoxy) is 1. The lowest BCUT2D eigenvalue weighted by atomic mass is 10.2. The zero-order valence-electron chi connectivity index (χ0n) is 12.3. The number of carboxylic acids is 1. The molecule has 0 saturated carbocycles. The van der Waals surface area contributed by atoms with Gasteiger partial charge >= 0.3 is 11.7 Å². The molecule has 1 rings (SSSR count). The molecule has 21 heavy (non-hydrogen) atoms. The van der Waals surface area contributed by atoms with E-state index in [0.29, 0.717) is 13.0 Å². The zero-order chi connectivity index (χ0) is 16.0. The van der Waals surface area contributed by atoms with Gasteiger partial charge in [-0.15, -0.1) is 0 Å². The van der Waals surface area contributed by atoms with Gasteiger partial charge in [0.1, 0.15) is 0 Å². The van der Waals surface area contributed by atoms with Gasteiger partial charge in [-0.3, -0.25) is 14.9 Å². The highest BCUT2D eigenvalue weighted by Gasteiger charge is 2.24. The van der Waals surface area contributed by atoms with E-state index < -0.39 is 10.9 Å². The molecule has 0 aliphatic carbocycles. The van der Waals surface area contributed by atoms with Crippen LogP contribution in [0.3, 0.4) is 0 Å². The summed E-state index contributed by atoms with van der Waals surface area (Å²) in [6, 6.07) is 2.71. The summed E-state index contributed by atoms with van der Waals surface area (Å²) >= 11 is 0. The van der Waals surface area contributed by atoms with Crippen molar-refractivity contribution in [2.24, 2.45) is 0 Å². The first kappa shape index (κ1) is 16.7. The molecule has 0 fully saturated rings. The van der Waals surface area contributed by atoms with Gasteiger partial charge in [-0.25, -0.2) is 0 Å². The molecular formula is C13H19N3O5. The van der Waals surface area contributed by atoms with E-state index in [4.69, 9.17) is 9.84 Å². The van der Waals surface area contributed by atoms with Crippen LogP contribution in [0.5, 0.6) is 5.88 Å². The molecule has 0 amide bonds. The number of aliphatic carboxylic acids is 1. The van der Waals surface area contributed by atoms with Gasteiger partial charge in [-0.1, -0.05) is 0 Å². The minimum Gasteiger partial charge on any atom is -0.481 e. The monoisotopic (exact) mass is 297 g/mol. The van der Waals surface area contributed by atoms with Gasteiger partial charge in [-0.2, -0.15) is 4.98 Å². The number of aromatic nitrogens is 1. The summed E-state index contributed by atoms with van der Waals surface area (Å²) < 4.78 is 5.01. The van der Waals surface area contributed by atoms with Gasteiger partial charge in [0.25, 0.3) is 0 Å². The van der Waals surface area contributed by atoms with Crippen LogP contribution >= 0.6 is 0 Å². The van der Waals surface area contributed by atoms with Crippen LogP contribution < -0.4 is 9.64 Å². The molecule has 0 aromatic carbocycles. The second-order valence-electron chi connectivity index (χ2n) is 4.74. The predicted molar refractivity (Wildman–Crippen MR) is 76.8 cm³/mol. The molecular weight excluding hydrogens is 278 g/mol. The molecule has 0 aliphatic heterocycles. The van der Waals surface area contributed by atoms with E-state index in [2.05, 4.69) is 4.98 Å². The van der Waals surface area contributed by atoms with Crippen LogP contribution in [0, 0.1) is 10.1 Å². The molecule has 0 atom stereocenters. The lowest BCUT2D eigenvalue weighted by Gasteiger charge is -2.27. The number of carbonyl (C=O) groups is 1. The summed E-state index contributed by atoms with van der Waals surface area (Å²) in [5.41, 5.74) is -0.125. The fourth-order valence-electron chi connectivity index (χ4n) is 1.90. The van der Waals surface area contributed by atoms with Crippen LogP contribution in [0.15, 0.2) is 12.1 Å². The van der Waals surface area contributed by atoms with Crippen molar-refractivity contribution in [2.75, 3.05) is 18.6 Å². The number of nitrogens with zero attached hydrogens (tertiary/aromatic N) is 3. The van der Waals surface area contributed by atoms with Gasteiger partial charge in [0, 0.05) is 31.1 Å². The summed E-state index contributed by atoms with van der Waals surface area (Å²) in [7, 11) is 1.43. The molecule has 0 aliphatic rings. The Bertz CT molecular complexity index is 519. The molecule has 8 heteroatoms. The Labute approximate surface area is 122 Å². The van der Waals surface area contributed by atoms with Gasteiger partial charge in [0.05, 0.1) is 12.0 Å². The molecule has 116 valence electrons. The number of carboxylic acid groups (broad SMARTS) is 1. The molecule has 1 N–H and O–H groups in total. The lowest BCUT2D eigenvalue weighted by molar-refractivity contribution is -0.384. The van der Waals surface area contributed by atoms with Crippen molar-refractivity contribution in [1.29, 1.82) is 0 Å². The second kappa shape index (κ2) is 7.41. The van der Waals surface area contributed by atoms with Crippen LogP contribution in [-0.2, 0) is 4.79 Å². The predicted octanol–water partition coefficient (Wildman–Crippen LogP) is 2.08. The van der Waals surface area contributed by atoms with Crippen molar-refractivity contribution in [3.63, 3.8) is 0 Å². The quantitative estimate of drug-likeness (QED) is 0.578. The zero-order valence-corrected chi connectivity index (χ0v) is 12.3. The van der Waals surface area contributed by atoms with Crippen molar-refractivity contribution in [3.8, 4) is 5.88 Å². The van der Waals surface area contributed by atoms with E-state index in [0.717, 1.165) is 0 Å². The Balaban J connectivity index is 3.10. The fraction of sp³-hybridized carbons (Fsp3) is 0.538. The van der Waals surface area contributed by atoms with Crippen molar-refractivity contribution in [3.05, 3.63) is 22.2 Å². The molecule has 1 aromatic heterocycles. The minimum absolute atomic E-state index is 0.000978. The van der Waals surface area contributed by atoms with Crippen molar-refractivity contribution < 1.29 is 19.6 Å². The molecule has 0 unspecified atom stereocenters. The molecule has 0 spiro atoms. The Morgan fingerprint density at radius 3 is 2.67 bits per heavy atom. The van der Waals surface area contributed by atoms with E-state index in [1.807, 2.05) is 13.8 Å². The summed E-state index contributed by atoms with van der Waals surface area (Å²) in [5.74, 6) is -0.425. The first-order chi connectivity index (χ1) is 9.86. The maximum Gasteiger partial charge on any atom is 0.311 e. The number of pyridine rings is 1. The maximum atomic E-state index is 11.1. The normalized spacial score (nSPS) is 10.5. The molecule has 0 bridgehead atoms. The number of rotatable bonds is 8. The van der Waals surface area contributed by atoms with E-state index in [-0.39, 0.29) is 29.8 Å². The second-order valence-corrected chi connectivity index (χ2v) is 4.74. The number of anilines is 1. The highest BCUT2D eigenvalue weighted by molar-refractivity contribution is 5.66. The van der Waals surface area contributed by atoms with Crippen LogP contribution in [0.25, 0.3) is 0 Å². The van der Waals surface area contributed by atoms with E-state index in [1.54, 1.807) is 4.90 Å². The summed E-state index contributed by atoms with van der Waals surface area (Å²) in [5, 5.41) is 19.8. The molecule has 0 radical (unpaired) electrons. The summed E-state index contributed by atoms with van der Waals surface area (Å²) in [4.78, 5) is 27.1. The van der Waals surface area contributed by atoms with E-state index in [1.165, 1.54) is 19.2 Å². The molecule has 1 heterocycles. The Morgan fingerprint density at radius 2 is 2.19 bits per heavy atom. The SMILES string of the molecule is COc1ccc([N+](=O)[O-])c(N(CCCC(=O)O)C(C)C)n1. The highest BCUT2D eigenvalue weighted by Crippen LogP contribution is 2.30. The Hall–Kier alpha value is -2.38. The van der Waals surface area contributed by atoms with Crippen LogP contribution in [0.2, 0.25) is 0 Å². The van der Waals surface area contributed by atoms with E-state index in [9.17, 15) is 14.9 Å². The number of nitro groups is 1. The number of hydrogen-bond acceptors (Lipinski definition) is 6. The summed E-state index contributed by atoms with van der Waals surface area (Å²) in [6.45, 7) is 4.10. The van der Waals surface area contributed by atoms with Crippen LogP contribution in [0.4, 0.5) is 11.5 Å². The smallest absolute Gasteiger partial charge is 0.311 e. The van der Waals surface area contributed by atoms with Crippen molar-refractivity contribution in [2.45, 2.75) is 32.7 Å². The standard InChI is InChI=1S/C13H19N3O5/c1-9(2)15(8-4-5-12(17)18)13-10(16(19)20)6-7-11(14-13)21-3/h6-7,9H,4-5,8H2,1-3H3,(H,17,18). The third-order valence-electron chi connectivity index (χ3n) is 2.92. The Morgan fingerprint density at radius 1 is 1.52 bits per heavy atom. The average Bonchev–Trinajstić information content (AvgIpc) is 2.42. The fourth-order valence-corrected chi connectivity index (χ4v) is 1.90. The molecule has 8 nitrogen and oxygen atoms in total. The van der Waals surface area contributed by atoms with E-state index >= 15 is 0 Å². The van der Waals surface area contributed by atoms with Crippen molar-refractivity contribution in [1.82, 2.24) is 4.98 Å². The summed E-state index contributed by atoms with van der Waals surface area (Å²) in [6.07, 6.45) is 0.380. The highest BCUT2D eigenvalue weighted by atomic mass is 16.6. The number of methoxy groups -OCH3 is 1. The van der Waals surface area contributed by atoms with Gasteiger partial charge in [-0.05, 0) is 20.3 Å². The largest absolute Gasteiger partial charge is 0.481 e. The lowest BCUT2D eigenvalue weighted by Crippen LogP contribution is -2.33. The molecule has 1 aromatic rings. The minimum atomic E-state index is -0.896. The maximum absolute atomic E-state index is 11.1.